The van der Waals surface area contributed by atoms with Crippen LogP contribution in [0, 0.1) is 6.92 Å². The molecule has 2 aromatic carbocycles. The van der Waals surface area contributed by atoms with E-state index < -0.39 is 12.2 Å². The highest BCUT2D eigenvalue weighted by Gasteiger charge is 2.34. The van der Waals surface area contributed by atoms with Gasteiger partial charge in [0.2, 0.25) is 0 Å². The third-order valence-electron chi connectivity index (χ3n) is 3.88. The maximum absolute atomic E-state index is 9.84. The maximum Gasteiger partial charge on any atom is 0.107 e. The van der Waals surface area contributed by atoms with Crippen LogP contribution in [0.25, 0.3) is 10.8 Å². The average molecular weight is 258 g/mol. The summed E-state index contributed by atoms with van der Waals surface area (Å²) in [7, 11) is 0. The molecule has 0 radical (unpaired) electrons. The highest BCUT2D eigenvalue weighted by atomic mass is 16.5. The second-order valence-corrected chi connectivity index (χ2v) is 5.20. The quantitative estimate of drug-likeness (QED) is 0.869. The van der Waals surface area contributed by atoms with Crippen LogP contribution in [0.1, 0.15) is 23.7 Å². The van der Waals surface area contributed by atoms with E-state index in [2.05, 4.69) is 31.2 Å². The standard InChI is InChI=1S/C16H18O3/c1-10-6-11-4-2-3-5-12(11)7-13(10)15-8-14(18)16(9-17)19-15/h2-7,14-18H,8-9H2,1H3/t14-,15-,16-/m1/s1. The highest BCUT2D eigenvalue weighted by Crippen LogP contribution is 2.36. The number of aliphatic hydroxyl groups excluding tert-OH is 2. The molecule has 3 heteroatoms. The summed E-state index contributed by atoms with van der Waals surface area (Å²) in [5.74, 6) is 0. The van der Waals surface area contributed by atoms with E-state index in [9.17, 15) is 5.11 Å². The highest BCUT2D eigenvalue weighted by molar-refractivity contribution is 5.84. The first-order valence-corrected chi connectivity index (χ1v) is 6.62. The first kappa shape index (κ1) is 12.6. The molecule has 2 aromatic rings. The zero-order chi connectivity index (χ0) is 13.4. The number of aryl methyl sites for hydroxylation is 1. The Labute approximate surface area is 112 Å². The van der Waals surface area contributed by atoms with Crippen molar-refractivity contribution >= 4 is 10.8 Å². The van der Waals surface area contributed by atoms with Gasteiger partial charge in [-0.3, -0.25) is 0 Å². The summed E-state index contributed by atoms with van der Waals surface area (Å²) in [6.45, 7) is 1.92. The number of fused-ring (bicyclic) bond motifs is 1. The van der Waals surface area contributed by atoms with Gasteiger partial charge in [-0.25, -0.2) is 0 Å². The Morgan fingerprint density at radius 1 is 1.21 bits per heavy atom. The summed E-state index contributed by atoms with van der Waals surface area (Å²) in [4.78, 5) is 0. The molecule has 0 bridgehead atoms. The fourth-order valence-corrected chi connectivity index (χ4v) is 2.81. The molecule has 2 N–H and O–H groups in total. The van der Waals surface area contributed by atoms with Crippen LogP contribution in [0.3, 0.4) is 0 Å². The van der Waals surface area contributed by atoms with Crippen molar-refractivity contribution in [1.29, 1.82) is 0 Å². The molecule has 100 valence electrons. The Bertz CT molecular complexity index is 594. The van der Waals surface area contributed by atoms with Crippen molar-refractivity contribution in [3.8, 4) is 0 Å². The maximum atomic E-state index is 9.84. The SMILES string of the molecule is Cc1cc2ccccc2cc1[C@H]1C[C@@H](O)[C@@H](CO)O1. The third-order valence-corrected chi connectivity index (χ3v) is 3.88. The molecule has 0 aliphatic carbocycles. The van der Waals surface area contributed by atoms with Gasteiger partial charge in [0, 0.05) is 6.42 Å². The molecule has 0 spiro atoms. The Balaban J connectivity index is 1.99. The van der Waals surface area contributed by atoms with Gasteiger partial charge < -0.3 is 14.9 Å². The molecule has 3 rings (SSSR count). The van der Waals surface area contributed by atoms with Gasteiger partial charge in [0.25, 0.3) is 0 Å². The van der Waals surface area contributed by atoms with Gasteiger partial charge >= 0.3 is 0 Å². The van der Waals surface area contributed by atoms with Gasteiger partial charge in [0.05, 0.1) is 18.8 Å². The molecule has 1 heterocycles. The van der Waals surface area contributed by atoms with Crippen LogP contribution < -0.4 is 0 Å². The molecule has 3 nitrogen and oxygen atoms in total. The van der Waals surface area contributed by atoms with Crippen molar-refractivity contribution in [3.05, 3.63) is 47.5 Å². The molecule has 19 heavy (non-hydrogen) atoms. The van der Waals surface area contributed by atoms with Crippen molar-refractivity contribution in [1.82, 2.24) is 0 Å². The smallest absolute Gasteiger partial charge is 0.107 e. The Morgan fingerprint density at radius 2 is 1.89 bits per heavy atom. The molecule has 3 atom stereocenters. The molecule has 1 aliphatic rings. The fourth-order valence-electron chi connectivity index (χ4n) is 2.81. The van der Waals surface area contributed by atoms with Crippen molar-refractivity contribution < 1.29 is 14.9 Å². The van der Waals surface area contributed by atoms with E-state index in [1.54, 1.807) is 0 Å². The summed E-state index contributed by atoms with van der Waals surface area (Å²) in [5, 5.41) is 21.4. The van der Waals surface area contributed by atoms with Gasteiger partial charge in [-0.2, -0.15) is 0 Å². The Hall–Kier alpha value is -1.42. The van der Waals surface area contributed by atoms with E-state index in [-0.39, 0.29) is 12.7 Å². The molecule has 0 amide bonds. The number of aliphatic hydroxyl groups is 2. The van der Waals surface area contributed by atoms with Crippen LogP contribution in [0.5, 0.6) is 0 Å². The van der Waals surface area contributed by atoms with Gasteiger partial charge in [-0.05, 0) is 34.9 Å². The molecule has 0 aromatic heterocycles. The van der Waals surface area contributed by atoms with Gasteiger partial charge in [-0.1, -0.05) is 30.3 Å². The van der Waals surface area contributed by atoms with Gasteiger partial charge in [-0.15, -0.1) is 0 Å². The first-order valence-electron chi connectivity index (χ1n) is 6.62. The van der Waals surface area contributed by atoms with E-state index >= 15 is 0 Å². The lowest BCUT2D eigenvalue weighted by Gasteiger charge is -2.15. The lowest BCUT2D eigenvalue weighted by molar-refractivity contribution is -0.0226. The summed E-state index contributed by atoms with van der Waals surface area (Å²) in [6.07, 6.45) is -0.627. The third kappa shape index (κ3) is 2.25. The van der Waals surface area contributed by atoms with Crippen LogP contribution in [-0.2, 0) is 4.74 Å². The summed E-state index contributed by atoms with van der Waals surface area (Å²) >= 11 is 0. The van der Waals surface area contributed by atoms with Crippen LogP contribution in [0.2, 0.25) is 0 Å². The number of rotatable bonds is 2. The van der Waals surface area contributed by atoms with Gasteiger partial charge in [0.1, 0.15) is 6.10 Å². The molecule has 0 unspecified atom stereocenters. The molecule has 1 saturated heterocycles. The molecular formula is C16H18O3. The molecular weight excluding hydrogens is 240 g/mol. The fraction of sp³-hybridized carbons (Fsp3) is 0.375. The van der Waals surface area contributed by atoms with Crippen molar-refractivity contribution in [2.24, 2.45) is 0 Å². The van der Waals surface area contributed by atoms with Crippen molar-refractivity contribution in [2.75, 3.05) is 6.61 Å². The Morgan fingerprint density at radius 3 is 2.53 bits per heavy atom. The van der Waals surface area contributed by atoms with E-state index in [4.69, 9.17) is 9.84 Å². The van der Waals surface area contributed by atoms with Crippen LogP contribution in [0.4, 0.5) is 0 Å². The molecule has 0 saturated carbocycles. The normalized spacial score (nSPS) is 27.0. The largest absolute Gasteiger partial charge is 0.394 e. The summed E-state index contributed by atoms with van der Waals surface area (Å²) in [5.41, 5.74) is 2.27. The van der Waals surface area contributed by atoms with Crippen LogP contribution in [-0.4, -0.2) is 29.0 Å². The second-order valence-electron chi connectivity index (χ2n) is 5.20. The number of ether oxygens (including phenoxy) is 1. The molecule has 1 fully saturated rings. The molecule has 1 aliphatic heterocycles. The minimum atomic E-state index is -0.583. The van der Waals surface area contributed by atoms with E-state index in [0.717, 1.165) is 11.1 Å². The predicted octanol–water partition coefficient (Wildman–Crippen LogP) is 2.33. The minimum Gasteiger partial charge on any atom is -0.394 e. The Kier molecular flexibility index (Phi) is 3.27. The lowest BCUT2D eigenvalue weighted by atomic mass is 9.96. The minimum absolute atomic E-state index is 0.128. The average Bonchev–Trinajstić information content (AvgIpc) is 2.79. The summed E-state index contributed by atoms with van der Waals surface area (Å²) in [6, 6.07) is 12.5. The monoisotopic (exact) mass is 258 g/mol. The van der Waals surface area contributed by atoms with Crippen LogP contribution in [0.15, 0.2) is 36.4 Å². The van der Waals surface area contributed by atoms with E-state index in [1.165, 1.54) is 10.8 Å². The van der Waals surface area contributed by atoms with E-state index in [1.807, 2.05) is 12.1 Å². The lowest BCUT2D eigenvalue weighted by Crippen LogP contribution is -2.24. The number of hydrogen-bond donors (Lipinski definition) is 2. The first-order chi connectivity index (χ1) is 9.19. The van der Waals surface area contributed by atoms with Crippen molar-refractivity contribution in [2.45, 2.75) is 31.7 Å². The van der Waals surface area contributed by atoms with Crippen LogP contribution >= 0.6 is 0 Å². The number of hydrogen-bond acceptors (Lipinski definition) is 3. The summed E-state index contributed by atoms with van der Waals surface area (Å²) < 4.78 is 5.74. The zero-order valence-electron chi connectivity index (χ0n) is 10.9. The second kappa shape index (κ2) is 4.93. The zero-order valence-corrected chi connectivity index (χ0v) is 10.9. The topological polar surface area (TPSA) is 49.7 Å². The predicted molar refractivity (Wildman–Crippen MR) is 74.0 cm³/mol. The van der Waals surface area contributed by atoms with E-state index in [0.29, 0.717) is 6.42 Å². The number of benzene rings is 2. The van der Waals surface area contributed by atoms with Crippen molar-refractivity contribution in [3.63, 3.8) is 0 Å². The van der Waals surface area contributed by atoms with Gasteiger partial charge in [0.15, 0.2) is 0 Å².